The highest BCUT2D eigenvalue weighted by molar-refractivity contribution is 7.08. The van der Waals surface area contributed by atoms with Crippen LogP contribution in [0.15, 0.2) is 47.3 Å². The number of nitrogens with two attached hydrogens (primary N) is 1. The Hall–Kier alpha value is -1.78. The highest BCUT2D eigenvalue weighted by atomic mass is 35.5. The van der Waals surface area contributed by atoms with Gasteiger partial charge in [-0.05, 0) is 23.6 Å². The Morgan fingerprint density at radius 3 is 2.78 bits per heavy atom. The molecule has 0 amide bonds. The summed E-state index contributed by atoms with van der Waals surface area (Å²) in [4.78, 5) is 0. The second-order valence-electron chi connectivity index (χ2n) is 3.84. The second kappa shape index (κ2) is 4.48. The Balaban J connectivity index is 2.11. The molecule has 0 aliphatic rings. The van der Waals surface area contributed by atoms with Crippen molar-refractivity contribution in [2.24, 2.45) is 0 Å². The van der Waals surface area contributed by atoms with Gasteiger partial charge in [0.05, 0.1) is 22.6 Å². The largest absolute Gasteiger partial charge is 0.396 e. The molecular weight excluding hydrogens is 266 g/mol. The van der Waals surface area contributed by atoms with Gasteiger partial charge in [-0.2, -0.15) is 16.4 Å². The minimum atomic E-state index is 0.647. The van der Waals surface area contributed by atoms with Crippen LogP contribution in [0, 0.1) is 0 Å². The van der Waals surface area contributed by atoms with Crippen LogP contribution in [-0.2, 0) is 0 Å². The summed E-state index contributed by atoms with van der Waals surface area (Å²) in [6, 6.07) is 9.55. The third kappa shape index (κ3) is 1.89. The SMILES string of the molecule is Nc1cn(-c2ccccc2Cl)nc1-c1ccsc1. The molecule has 0 saturated carbocycles. The fraction of sp³-hybridized carbons (Fsp3) is 0. The van der Waals surface area contributed by atoms with Gasteiger partial charge in [-0.3, -0.25) is 0 Å². The van der Waals surface area contributed by atoms with Crippen molar-refractivity contribution in [2.75, 3.05) is 5.73 Å². The number of hydrogen-bond acceptors (Lipinski definition) is 3. The molecule has 5 heteroatoms. The minimum absolute atomic E-state index is 0.647. The lowest BCUT2D eigenvalue weighted by molar-refractivity contribution is 0.885. The first-order valence-electron chi connectivity index (χ1n) is 5.38. The van der Waals surface area contributed by atoms with Gasteiger partial charge in [0.25, 0.3) is 0 Å². The first kappa shape index (κ1) is 11.3. The predicted molar refractivity (Wildman–Crippen MR) is 76.3 cm³/mol. The van der Waals surface area contributed by atoms with E-state index in [1.54, 1.807) is 22.2 Å². The van der Waals surface area contributed by atoms with Gasteiger partial charge < -0.3 is 5.73 Å². The molecule has 2 N–H and O–H groups in total. The fourth-order valence-corrected chi connectivity index (χ4v) is 2.63. The zero-order valence-corrected chi connectivity index (χ0v) is 10.9. The monoisotopic (exact) mass is 275 g/mol. The van der Waals surface area contributed by atoms with E-state index in [0.717, 1.165) is 16.9 Å². The maximum Gasteiger partial charge on any atom is 0.116 e. The highest BCUT2D eigenvalue weighted by Crippen LogP contribution is 2.28. The first-order valence-corrected chi connectivity index (χ1v) is 6.70. The van der Waals surface area contributed by atoms with E-state index in [-0.39, 0.29) is 0 Å². The van der Waals surface area contributed by atoms with Gasteiger partial charge in [0.1, 0.15) is 5.69 Å². The number of anilines is 1. The Morgan fingerprint density at radius 2 is 2.06 bits per heavy atom. The van der Waals surface area contributed by atoms with Crippen LogP contribution in [0.1, 0.15) is 0 Å². The number of rotatable bonds is 2. The molecule has 2 heterocycles. The molecule has 0 bridgehead atoms. The summed E-state index contributed by atoms with van der Waals surface area (Å²) in [6.45, 7) is 0. The summed E-state index contributed by atoms with van der Waals surface area (Å²) in [5.41, 5.74) is 9.29. The van der Waals surface area contributed by atoms with Crippen molar-refractivity contribution in [1.82, 2.24) is 9.78 Å². The van der Waals surface area contributed by atoms with Gasteiger partial charge in [-0.15, -0.1) is 0 Å². The highest BCUT2D eigenvalue weighted by Gasteiger charge is 2.11. The van der Waals surface area contributed by atoms with Crippen LogP contribution in [-0.4, -0.2) is 9.78 Å². The number of benzene rings is 1. The zero-order valence-electron chi connectivity index (χ0n) is 9.38. The number of nitrogen functional groups attached to an aromatic ring is 1. The van der Waals surface area contributed by atoms with Crippen LogP contribution in [0.2, 0.25) is 5.02 Å². The van der Waals surface area contributed by atoms with Crippen LogP contribution in [0.25, 0.3) is 16.9 Å². The lowest BCUT2D eigenvalue weighted by atomic mass is 10.2. The van der Waals surface area contributed by atoms with Crippen molar-refractivity contribution in [3.05, 3.63) is 52.3 Å². The molecule has 0 fully saturated rings. The third-order valence-electron chi connectivity index (χ3n) is 2.64. The lowest BCUT2D eigenvalue weighted by Gasteiger charge is -2.02. The molecule has 0 aliphatic carbocycles. The molecule has 3 aromatic rings. The lowest BCUT2D eigenvalue weighted by Crippen LogP contribution is -1.95. The van der Waals surface area contributed by atoms with E-state index in [1.165, 1.54) is 0 Å². The fourth-order valence-electron chi connectivity index (χ4n) is 1.77. The number of thiophene rings is 1. The summed E-state index contributed by atoms with van der Waals surface area (Å²) < 4.78 is 1.71. The molecule has 90 valence electrons. The summed E-state index contributed by atoms with van der Waals surface area (Å²) in [7, 11) is 0. The molecular formula is C13H10ClN3S. The second-order valence-corrected chi connectivity index (χ2v) is 5.03. The van der Waals surface area contributed by atoms with Crippen molar-refractivity contribution in [1.29, 1.82) is 0 Å². The van der Waals surface area contributed by atoms with Gasteiger partial charge in [0.2, 0.25) is 0 Å². The Bertz CT molecular complexity index is 673. The van der Waals surface area contributed by atoms with Crippen molar-refractivity contribution in [2.45, 2.75) is 0 Å². The molecule has 0 saturated heterocycles. The zero-order chi connectivity index (χ0) is 12.5. The topological polar surface area (TPSA) is 43.8 Å². The molecule has 0 spiro atoms. The molecule has 18 heavy (non-hydrogen) atoms. The number of para-hydroxylation sites is 1. The van der Waals surface area contributed by atoms with E-state index in [1.807, 2.05) is 41.1 Å². The minimum Gasteiger partial charge on any atom is -0.396 e. The van der Waals surface area contributed by atoms with Gasteiger partial charge >= 0.3 is 0 Å². The van der Waals surface area contributed by atoms with E-state index < -0.39 is 0 Å². The molecule has 0 atom stereocenters. The van der Waals surface area contributed by atoms with Crippen LogP contribution in [0.4, 0.5) is 5.69 Å². The van der Waals surface area contributed by atoms with Gasteiger partial charge in [0.15, 0.2) is 0 Å². The molecule has 0 unspecified atom stereocenters. The van der Waals surface area contributed by atoms with Gasteiger partial charge in [-0.25, -0.2) is 4.68 Å². The molecule has 3 nitrogen and oxygen atoms in total. The van der Waals surface area contributed by atoms with Crippen LogP contribution < -0.4 is 5.73 Å². The van der Waals surface area contributed by atoms with E-state index in [9.17, 15) is 0 Å². The molecule has 0 radical (unpaired) electrons. The maximum absolute atomic E-state index is 6.15. The van der Waals surface area contributed by atoms with Crippen LogP contribution >= 0.6 is 22.9 Å². The van der Waals surface area contributed by atoms with Crippen LogP contribution in [0.5, 0.6) is 0 Å². The van der Waals surface area contributed by atoms with Crippen LogP contribution in [0.3, 0.4) is 0 Å². The Kier molecular flexibility index (Phi) is 2.81. The Morgan fingerprint density at radius 1 is 1.22 bits per heavy atom. The van der Waals surface area contributed by atoms with E-state index in [0.29, 0.717) is 10.7 Å². The standard InChI is InChI=1S/C13H10ClN3S/c14-10-3-1-2-4-12(10)17-7-11(15)13(16-17)9-5-6-18-8-9/h1-8H,15H2. The normalized spacial score (nSPS) is 10.7. The number of aromatic nitrogens is 2. The molecule has 0 aliphatic heterocycles. The van der Waals surface area contributed by atoms with E-state index in [4.69, 9.17) is 17.3 Å². The average Bonchev–Trinajstić information content (AvgIpc) is 2.98. The summed E-state index contributed by atoms with van der Waals surface area (Å²) in [5, 5.41) is 9.17. The van der Waals surface area contributed by atoms with E-state index in [2.05, 4.69) is 5.10 Å². The summed E-state index contributed by atoms with van der Waals surface area (Å²) in [6.07, 6.45) is 1.79. The number of hydrogen-bond donors (Lipinski definition) is 1. The Labute approximate surface area is 113 Å². The van der Waals surface area contributed by atoms with Crippen molar-refractivity contribution >= 4 is 28.6 Å². The average molecular weight is 276 g/mol. The maximum atomic E-state index is 6.15. The molecule has 3 rings (SSSR count). The van der Waals surface area contributed by atoms with Crippen molar-refractivity contribution in [3.63, 3.8) is 0 Å². The third-order valence-corrected chi connectivity index (χ3v) is 3.64. The van der Waals surface area contributed by atoms with Gasteiger partial charge in [-0.1, -0.05) is 23.7 Å². The molecule has 2 aromatic heterocycles. The number of halogens is 1. The predicted octanol–water partition coefficient (Wildman–Crippen LogP) is 3.84. The van der Waals surface area contributed by atoms with Gasteiger partial charge in [0, 0.05) is 10.9 Å². The van der Waals surface area contributed by atoms with Crippen molar-refractivity contribution in [3.8, 4) is 16.9 Å². The van der Waals surface area contributed by atoms with E-state index >= 15 is 0 Å². The smallest absolute Gasteiger partial charge is 0.116 e. The quantitative estimate of drug-likeness (QED) is 0.772. The molecule has 1 aromatic carbocycles. The number of nitrogens with zero attached hydrogens (tertiary/aromatic N) is 2. The van der Waals surface area contributed by atoms with Crippen molar-refractivity contribution < 1.29 is 0 Å². The summed E-state index contributed by atoms with van der Waals surface area (Å²) >= 11 is 7.77. The summed E-state index contributed by atoms with van der Waals surface area (Å²) in [5.74, 6) is 0. The first-order chi connectivity index (χ1) is 8.75.